The van der Waals surface area contributed by atoms with Crippen molar-refractivity contribution in [2.45, 2.75) is 58.8 Å². The summed E-state index contributed by atoms with van der Waals surface area (Å²) < 4.78 is 0. The molecule has 0 aromatic heterocycles. The zero-order valence-electron chi connectivity index (χ0n) is 9.26. The highest BCUT2D eigenvalue weighted by atomic mass is 14.5. The Morgan fingerprint density at radius 3 is 2.62 bits per heavy atom. The van der Waals surface area contributed by atoms with Gasteiger partial charge in [-0.15, -0.1) is 0 Å². The number of hydrogen-bond donors (Lipinski definition) is 0. The highest BCUT2D eigenvalue weighted by Gasteiger charge is 2.41. The molecule has 0 nitrogen and oxygen atoms in total. The monoisotopic (exact) mass is 180 g/mol. The predicted molar refractivity (Wildman–Crippen MR) is 57.6 cm³/mol. The van der Waals surface area contributed by atoms with E-state index in [9.17, 15) is 0 Å². The highest BCUT2D eigenvalue weighted by Crippen LogP contribution is 2.51. The Kier molecular flexibility index (Phi) is 2.96. The number of hydrogen-bond acceptors (Lipinski definition) is 0. The molecule has 0 saturated heterocycles. The molecule has 0 heterocycles. The van der Waals surface area contributed by atoms with Crippen LogP contribution >= 0.6 is 0 Å². The molecular weight excluding hydrogens is 156 g/mol. The Labute approximate surface area is 83.1 Å². The lowest BCUT2D eigenvalue weighted by Gasteiger charge is -2.17. The van der Waals surface area contributed by atoms with Gasteiger partial charge in [0.2, 0.25) is 0 Å². The van der Waals surface area contributed by atoms with E-state index in [-0.39, 0.29) is 0 Å². The second kappa shape index (κ2) is 4.02. The fourth-order valence-corrected chi connectivity index (χ4v) is 3.89. The van der Waals surface area contributed by atoms with E-state index in [0.717, 1.165) is 23.7 Å². The third kappa shape index (κ3) is 1.78. The summed E-state index contributed by atoms with van der Waals surface area (Å²) >= 11 is 0. The Morgan fingerprint density at radius 2 is 1.92 bits per heavy atom. The van der Waals surface area contributed by atoms with Crippen LogP contribution in [0.15, 0.2) is 0 Å². The first-order valence-electron chi connectivity index (χ1n) is 6.35. The predicted octanol–water partition coefficient (Wildman–Crippen LogP) is 4.25. The zero-order valence-corrected chi connectivity index (χ0v) is 9.26. The van der Waals surface area contributed by atoms with Gasteiger partial charge in [0, 0.05) is 0 Å². The summed E-state index contributed by atoms with van der Waals surface area (Å²) in [6.07, 6.45) is 10.6. The van der Waals surface area contributed by atoms with E-state index in [1.807, 2.05) is 0 Å². The van der Waals surface area contributed by atoms with E-state index in [1.165, 1.54) is 19.3 Å². The van der Waals surface area contributed by atoms with Crippen molar-refractivity contribution >= 4 is 0 Å². The van der Waals surface area contributed by atoms with E-state index in [1.54, 1.807) is 25.7 Å². The van der Waals surface area contributed by atoms with Crippen molar-refractivity contribution in [3.63, 3.8) is 0 Å². The summed E-state index contributed by atoms with van der Waals surface area (Å²) in [6, 6.07) is 0. The van der Waals surface area contributed by atoms with Gasteiger partial charge in [0.1, 0.15) is 0 Å². The first-order chi connectivity index (χ1) is 6.35. The molecule has 0 aromatic rings. The Morgan fingerprint density at radius 1 is 1.08 bits per heavy atom. The van der Waals surface area contributed by atoms with Gasteiger partial charge in [-0.1, -0.05) is 33.1 Å². The van der Waals surface area contributed by atoms with Gasteiger partial charge in [-0.05, 0) is 49.4 Å². The maximum absolute atomic E-state index is 2.38. The number of rotatable bonds is 3. The minimum Gasteiger partial charge on any atom is -0.0654 e. The fraction of sp³-hybridized carbons (Fsp3) is 1.00. The van der Waals surface area contributed by atoms with Crippen LogP contribution in [-0.4, -0.2) is 0 Å². The first kappa shape index (κ1) is 9.55. The van der Waals surface area contributed by atoms with Gasteiger partial charge in [0.15, 0.2) is 0 Å². The van der Waals surface area contributed by atoms with Crippen LogP contribution in [0.2, 0.25) is 0 Å². The quantitative estimate of drug-likeness (QED) is 0.609. The molecule has 2 aliphatic carbocycles. The SMILES string of the molecule is CCCC1CCC2C[C@H](CC)CC12. The van der Waals surface area contributed by atoms with Crippen LogP contribution in [0, 0.1) is 23.7 Å². The molecule has 3 unspecified atom stereocenters. The minimum atomic E-state index is 1.09. The molecular formula is C13H24. The summed E-state index contributed by atoms with van der Waals surface area (Å²) in [5, 5.41) is 0. The Bertz CT molecular complexity index is 159. The number of fused-ring (bicyclic) bond motifs is 1. The maximum atomic E-state index is 2.38. The Balaban J connectivity index is 1.91. The van der Waals surface area contributed by atoms with Gasteiger partial charge in [0.05, 0.1) is 0 Å². The molecule has 0 aliphatic heterocycles. The minimum absolute atomic E-state index is 1.09. The molecule has 2 rings (SSSR count). The molecule has 0 amide bonds. The summed E-state index contributed by atoms with van der Waals surface area (Å²) in [5.74, 6) is 4.49. The summed E-state index contributed by atoms with van der Waals surface area (Å²) in [4.78, 5) is 0. The van der Waals surface area contributed by atoms with Crippen LogP contribution in [0.25, 0.3) is 0 Å². The molecule has 0 spiro atoms. The van der Waals surface area contributed by atoms with Crippen LogP contribution in [-0.2, 0) is 0 Å². The zero-order chi connectivity index (χ0) is 9.26. The van der Waals surface area contributed by atoms with Crippen molar-refractivity contribution in [1.82, 2.24) is 0 Å². The lowest BCUT2D eigenvalue weighted by molar-refractivity contribution is 0.324. The van der Waals surface area contributed by atoms with E-state index in [2.05, 4.69) is 13.8 Å². The van der Waals surface area contributed by atoms with E-state index in [4.69, 9.17) is 0 Å². The summed E-state index contributed by atoms with van der Waals surface area (Å²) in [7, 11) is 0. The van der Waals surface area contributed by atoms with Crippen LogP contribution in [0.1, 0.15) is 58.8 Å². The van der Waals surface area contributed by atoms with Crippen LogP contribution < -0.4 is 0 Å². The van der Waals surface area contributed by atoms with Crippen molar-refractivity contribution in [2.75, 3.05) is 0 Å². The molecule has 0 aromatic carbocycles. The van der Waals surface area contributed by atoms with Crippen LogP contribution in [0.4, 0.5) is 0 Å². The van der Waals surface area contributed by atoms with E-state index < -0.39 is 0 Å². The van der Waals surface area contributed by atoms with Gasteiger partial charge in [0.25, 0.3) is 0 Å². The first-order valence-corrected chi connectivity index (χ1v) is 6.35. The van der Waals surface area contributed by atoms with E-state index in [0.29, 0.717) is 0 Å². The van der Waals surface area contributed by atoms with Gasteiger partial charge < -0.3 is 0 Å². The van der Waals surface area contributed by atoms with Crippen LogP contribution in [0.5, 0.6) is 0 Å². The van der Waals surface area contributed by atoms with Crippen molar-refractivity contribution in [1.29, 1.82) is 0 Å². The van der Waals surface area contributed by atoms with Crippen molar-refractivity contribution in [3.05, 3.63) is 0 Å². The van der Waals surface area contributed by atoms with Gasteiger partial charge in [-0.25, -0.2) is 0 Å². The van der Waals surface area contributed by atoms with E-state index >= 15 is 0 Å². The third-order valence-electron chi connectivity index (χ3n) is 4.60. The van der Waals surface area contributed by atoms with Gasteiger partial charge in [-0.3, -0.25) is 0 Å². The molecule has 0 radical (unpaired) electrons. The average molecular weight is 180 g/mol. The molecule has 13 heavy (non-hydrogen) atoms. The summed E-state index contributed by atoms with van der Waals surface area (Å²) in [6.45, 7) is 4.72. The largest absolute Gasteiger partial charge is 0.0654 e. The van der Waals surface area contributed by atoms with Crippen LogP contribution in [0.3, 0.4) is 0 Å². The fourth-order valence-electron chi connectivity index (χ4n) is 3.89. The molecule has 2 fully saturated rings. The second-order valence-corrected chi connectivity index (χ2v) is 5.30. The normalized spacial score (nSPS) is 43.8. The molecule has 0 N–H and O–H groups in total. The third-order valence-corrected chi connectivity index (χ3v) is 4.60. The van der Waals surface area contributed by atoms with Crippen molar-refractivity contribution in [3.8, 4) is 0 Å². The second-order valence-electron chi connectivity index (χ2n) is 5.30. The topological polar surface area (TPSA) is 0 Å². The average Bonchev–Trinajstić information content (AvgIpc) is 2.67. The van der Waals surface area contributed by atoms with Crippen molar-refractivity contribution < 1.29 is 0 Å². The summed E-state index contributed by atoms with van der Waals surface area (Å²) in [5.41, 5.74) is 0. The molecule has 4 atom stereocenters. The van der Waals surface area contributed by atoms with Crippen molar-refractivity contribution in [2.24, 2.45) is 23.7 Å². The lowest BCUT2D eigenvalue weighted by Crippen LogP contribution is -2.09. The molecule has 76 valence electrons. The molecule has 0 bridgehead atoms. The standard InChI is InChI=1S/C13H24/c1-3-5-11-6-7-12-8-10(4-2)9-13(11)12/h10-13H,3-9H2,1-2H3/t10-,11?,12?,13?/m0/s1. The Hall–Kier alpha value is 0. The molecule has 0 heteroatoms. The smallest absolute Gasteiger partial charge is 0.0355 e. The molecule has 2 aliphatic rings. The maximum Gasteiger partial charge on any atom is -0.0355 e. The highest BCUT2D eigenvalue weighted by molar-refractivity contribution is 4.92. The van der Waals surface area contributed by atoms with Gasteiger partial charge >= 0.3 is 0 Å². The molecule has 2 saturated carbocycles. The van der Waals surface area contributed by atoms with Gasteiger partial charge in [-0.2, -0.15) is 0 Å². The lowest BCUT2D eigenvalue weighted by atomic mass is 9.88.